The summed E-state index contributed by atoms with van der Waals surface area (Å²) in [5.41, 5.74) is 0. The van der Waals surface area contributed by atoms with E-state index in [4.69, 9.17) is 9.47 Å². The number of hydrogen-bond donors (Lipinski definition) is 0. The molecule has 1 heterocycles. The first-order valence-corrected chi connectivity index (χ1v) is 13.7. The third-order valence-electron chi connectivity index (χ3n) is 5.61. The summed E-state index contributed by atoms with van der Waals surface area (Å²) in [5, 5.41) is 6.22. The van der Waals surface area contributed by atoms with Crippen LogP contribution < -0.4 is 21.2 Å². The number of methoxy groups -OCH3 is 1. The number of esters is 1. The Hall–Kier alpha value is -3.09. The molecule has 1 aliphatic heterocycles. The van der Waals surface area contributed by atoms with Crippen LogP contribution in [0.25, 0.3) is 0 Å². The molecule has 4 aromatic carbocycles. The molecule has 5 heteroatoms. The lowest BCUT2D eigenvalue weighted by Gasteiger charge is -2.26. The van der Waals surface area contributed by atoms with Crippen molar-refractivity contribution in [2.24, 2.45) is 0 Å². The predicted octanol–water partition coefficient (Wildman–Crippen LogP) is 4.99. The third kappa shape index (κ3) is 4.48. The van der Waals surface area contributed by atoms with Crippen molar-refractivity contribution in [1.29, 1.82) is 0 Å². The molecule has 0 amide bonds. The van der Waals surface area contributed by atoms with Crippen molar-refractivity contribution in [1.82, 2.24) is 0 Å². The first-order valence-electron chi connectivity index (χ1n) is 11.1. The van der Waals surface area contributed by atoms with Gasteiger partial charge in [-0.3, -0.25) is 0 Å². The fraction of sp³-hybridized carbons (Fsp3) is 0.0690. The summed E-state index contributed by atoms with van der Waals surface area (Å²) in [6, 6.07) is 41.3. The van der Waals surface area contributed by atoms with Crippen molar-refractivity contribution in [2.75, 3.05) is 7.11 Å². The molecular weight excluding hydrogens is 458 g/mol. The molecule has 4 aromatic rings. The number of hydrogen-bond acceptors (Lipinski definition) is 3. The zero-order chi connectivity index (χ0) is 23.3. The summed E-state index contributed by atoms with van der Waals surface area (Å²) in [6.45, 7) is 0. The fourth-order valence-corrected chi connectivity index (χ4v) is 9.54. The Bertz CT molecular complexity index is 1200. The molecule has 0 bridgehead atoms. The van der Waals surface area contributed by atoms with E-state index in [1.807, 2.05) is 72.8 Å². The van der Waals surface area contributed by atoms with Gasteiger partial charge < -0.3 is 9.47 Å². The summed E-state index contributed by atoms with van der Waals surface area (Å²) in [7, 11) is -0.577. The van der Waals surface area contributed by atoms with E-state index in [0.29, 0.717) is 0 Å². The van der Waals surface area contributed by atoms with Gasteiger partial charge >= 0.3 is 5.97 Å². The van der Waals surface area contributed by atoms with E-state index < -0.39 is 22.1 Å². The maximum absolute atomic E-state index is 13.6. The highest BCUT2D eigenvalue weighted by Crippen LogP contribution is 2.58. The van der Waals surface area contributed by atoms with E-state index in [1.165, 1.54) is 0 Å². The van der Waals surface area contributed by atoms with Crippen molar-refractivity contribution in [3.05, 3.63) is 132 Å². The molecule has 0 fully saturated rings. The third-order valence-corrected chi connectivity index (χ3v) is 10.8. The monoisotopic (exact) mass is 482 g/mol. The van der Waals surface area contributed by atoms with Crippen LogP contribution in [0.5, 0.6) is 0 Å². The second kappa shape index (κ2) is 10.5. The number of benzene rings is 4. The largest absolute Gasteiger partial charge is 0.428 e. The lowest BCUT2D eigenvalue weighted by Crippen LogP contribution is -2.21. The lowest BCUT2D eigenvalue weighted by molar-refractivity contribution is -0.154. The SMILES string of the molecule is COC1OC(=O)C(P(c2ccccc2)c2ccccc2)=C1P(c1ccccc1)c1ccccc1. The second-order valence-electron chi connectivity index (χ2n) is 7.72. The highest BCUT2D eigenvalue weighted by atomic mass is 31.1. The van der Waals surface area contributed by atoms with Gasteiger partial charge in [0.2, 0.25) is 6.29 Å². The minimum Gasteiger partial charge on any atom is -0.428 e. The lowest BCUT2D eigenvalue weighted by atomic mass is 10.4. The van der Waals surface area contributed by atoms with Crippen LogP contribution in [0.3, 0.4) is 0 Å². The van der Waals surface area contributed by atoms with Gasteiger partial charge in [0.05, 0.1) is 5.31 Å². The first-order chi connectivity index (χ1) is 16.8. The quantitative estimate of drug-likeness (QED) is 0.275. The van der Waals surface area contributed by atoms with Crippen LogP contribution in [0, 0.1) is 0 Å². The number of cyclic esters (lactones) is 1. The highest BCUT2D eigenvalue weighted by Gasteiger charge is 2.43. The summed E-state index contributed by atoms with van der Waals surface area (Å²) in [6.07, 6.45) is -0.716. The Morgan fingerprint density at radius 2 is 0.941 bits per heavy atom. The minimum absolute atomic E-state index is 0.292. The van der Waals surface area contributed by atoms with Gasteiger partial charge in [-0.05, 0) is 37.1 Å². The van der Waals surface area contributed by atoms with Crippen molar-refractivity contribution in [3.8, 4) is 0 Å². The molecule has 1 unspecified atom stereocenters. The number of carbonyl (C=O) groups excluding carboxylic acids is 1. The van der Waals surface area contributed by atoms with Crippen molar-refractivity contribution in [3.63, 3.8) is 0 Å². The molecule has 0 saturated carbocycles. The van der Waals surface area contributed by atoms with Crippen molar-refractivity contribution >= 4 is 43.0 Å². The smallest absolute Gasteiger partial charge is 0.342 e. The summed E-state index contributed by atoms with van der Waals surface area (Å²) < 4.78 is 11.7. The van der Waals surface area contributed by atoms with Gasteiger partial charge in [-0.25, -0.2) is 4.79 Å². The van der Waals surface area contributed by atoms with E-state index >= 15 is 0 Å². The summed E-state index contributed by atoms with van der Waals surface area (Å²) in [5.74, 6) is -0.292. The zero-order valence-electron chi connectivity index (χ0n) is 18.7. The molecular formula is C29H24O3P2. The van der Waals surface area contributed by atoms with Gasteiger partial charge in [-0.15, -0.1) is 0 Å². The topological polar surface area (TPSA) is 35.5 Å². The van der Waals surface area contributed by atoms with E-state index in [0.717, 1.165) is 31.8 Å². The Labute approximate surface area is 202 Å². The Morgan fingerprint density at radius 3 is 1.29 bits per heavy atom. The standard InChI is InChI=1S/C29H24O3P2/c1-31-29-27(34(24-18-10-4-11-19-24)25-20-12-5-13-21-25)26(28(30)32-29)33(22-14-6-2-7-15-22)23-16-8-3-9-17-23/h2-21,29H,1H3. The minimum atomic E-state index is -1.13. The molecule has 0 spiro atoms. The van der Waals surface area contributed by atoms with E-state index in [1.54, 1.807) is 7.11 Å². The normalized spacial score (nSPS) is 15.7. The molecule has 0 N–H and O–H groups in total. The van der Waals surface area contributed by atoms with Crippen LogP contribution in [0.1, 0.15) is 0 Å². The molecule has 0 aromatic heterocycles. The van der Waals surface area contributed by atoms with Gasteiger partial charge in [-0.2, -0.15) is 0 Å². The molecule has 0 aliphatic carbocycles. The van der Waals surface area contributed by atoms with Crippen LogP contribution in [-0.2, 0) is 14.3 Å². The first kappa shape index (κ1) is 22.7. The maximum Gasteiger partial charge on any atom is 0.342 e. The van der Waals surface area contributed by atoms with Gasteiger partial charge in [0.1, 0.15) is 0 Å². The molecule has 168 valence electrons. The van der Waals surface area contributed by atoms with Gasteiger partial charge in [-0.1, -0.05) is 121 Å². The molecule has 3 nitrogen and oxygen atoms in total. The number of rotatable bonds is 7. The molecule has 0 radical (unpaired) electrons. The Morgan fingerprint density at radius 1 is 0.588 bits per heavy atom. The second-order valence-corrected chi connectivity index (χ2v) is 12.1. The average Bonchev–Trinajstić information content (AvgIpc) is 3.22. The summed E-state index contributed by atoms with van der Waals surface area (Å²) >= 11 is 0. The van der Waals surface area contributed by atoms with Crippen LogP contribution in [0.2, 0.25) is 0 Å². The van der Waals surface area contributed by atoms with Crippen molar-refractivity contribution < 1.29 is 14.3 Å². The molecule has 1 aliphatic rings. The Balaban J connectivity index is 1.80. The summed E-state index contributed by atoms with van der Waals surface area (Å²) in [4.78, 5) is 13.6. The van der Waals surface area contributed by atoms with Crippen LogP contribution in [0.4, 0.5) is 0 Å². The van der Waals surface area contributed by atoms with E-state index in [-0.39, 0.29) is 5.97 Å². The zero-order valence-corrected chi connectivity index (χ0v) is 20.5. The average molecular weight is 482 g/mol. The van der Waals surface area contributed by atoms with E-state index in [2.05, 4.69) is 48.5 Å². The number of ether oxygens (including phenoxy) is 2. The fourth-order valence-electron chi connectivity index (χ4n) is 4.14. The van der Waals surface area contributed by atoms with Gasteiger partial charge in [0.25, 0.3) is 0 Å². The Kier molecular flexibility index (Phi) is 6.97. The number of carbonyl (C=O) groups is 1. The predicted molar refractivity (Wildman–Crippen MR) is 142 cm³/mol. The van der Waals surface area contributed by atoms with Crippen LogP contribution in [0.15, 0.2) is 132 Å². The van der Waals surface area contributed by atoms with Gasteiger partial charge in [0.15, 0.2) is 0 Å². The maximum atomic E-state index is 13.6. The van der Waals surface area contributed by atoms with E-state index in [9.17, 15) is 4.79 Å². The highest BCUT2D eigenvalue weighted by molar-refractivity contribution is 7.81. The van der Waals surface area contributed by atoms with Crippen LogP contribution >= 0.6 is 15.8 Å². The van der Waals surface area contributed by atoms with Crippen LogP contribution in [-0.4, -0.2) is 19.4 Å². The molecule has 1 atom stereocenters. The molecule has 34 heavy (non-hydrogen) atoms. The van der Waals surface area contributed by atoms with Gasteiger partial charge in [0, 0.05) is 12.4 Å². The molecule has 5 rings (SSSR count). The van der Waals surface area contributed by atoms with Crippen molar-refractivity contribution in [2.45, 2.75) is 6.29 Å². The molecule has 0 saturated heterocycles.